The second-order valence-corrected chi connectivity index (χ2v) is 4.59. The van der Waals surface area contributed by atoms with Crippen LogP contribution in [0.2, 0.25) is 0 Å². The Morgan fingerprint density at radius 2 is 2.39 bits per heavy atom. The van der Waals surface area contributed by atoms with E-state index in [1.807, 2.05) is 12.1 Å². The molecule has 0 radical (unpaired) electrons. The van der Waals surface area contributed by atoms with Crippen molar-refractivity contribution < 1.29 is 9.21 Å². The summed E-state index contributed by atoms with van der Waals surface area (Å²) in [6.45, 7) is 0.484. The van der Waals surface area contributed by atoms with E-state index in [1.54, 1.807) is 18.5 Å². The van der Waals surface area contributed by atoms with Gasteiger partial charge in [-0.15, -0.1) is 0 Å². The number of nitrogens with zero attached hydrogens (tertiary/aromatic N) is 1. The van der Waals surface area contributed by atoms with Crippen molar-refractivity contribution in [3.05, 3.63) is 46.5 Å². The van der Waals surface area contributed by atoms with Crippen LogP contribution in [0.1, 0.15) is 16.1 Å². The summed E-state index contributed by atoms with van der Waals surface area (Å²) < 4.78 is 5.88. The number of anilines is 1. The number of nitrogens with two attached hydrogens (primary N) is 1. The third kappa shape index (κ3) is 3.10. The molecule has 0 atom stereocenters. The largest absolute Gasteiger partial charge is 0.469 e. The normalized spacial score (nSPS) is 10.3. The van der Waals surface area contributed by atoms with Crippen molar-refractivity contribution in [2.24, 2.45) is 0 Å². The molecule has 3 N–H and O–H groups in total. The smallest absolute Gasteiger partial charge is 0.255 e. The van der Waals surface area contributed by atoms with Gasteiger partial charge >= 0.3 is 0 Å². The molecule has 6 heteroatoms. The summed E-state index contributed by atoms with van der Waals surface area (Å²) in [4.78, 5) is 15.8. The zero-order chi connectivity index (χ0) is 13.0. The van der Waals surface area contributed by atoms with E-state index >= 15 is 0 Å². The minimum absolute atomic E-state index is 0.216. The lowest BCUT2D eigenvalue weighted by molar-refractivity contribution is 0.0954. The molecule has 0 aliphatic carbocycles. The molecule has 0 aromatic carbocycles. The van der Waals surface area contributed by atoms with Crippen LogP contribution in [0.25, 0.3) is 0 Å². The zero-order valence-corrected chi connectivity index (χ0v) is 11.1. The Labute approximate surface area is 113 Å². The van der Waals surface area contributed by atoms with Crippen molar-refractivity contribution in [1.29, 1.82) is 0 Å². The van der Waals surface area contributed by atoms with Crippen molar-refractivity contribution in [3.8, 4) is 0 Å². The molecule has 0 unspecified atom stereocenters. The van der Waals surface area contributed by atoms with E-state index in [4.69, 9.17) is 10.2 Å². The van der Waals surface area contributed by atoms with E-state index in [9.17, 15) is 4.79 Å². The molecule has 0 bridgehead atoms. The van der Waals surface area contributed by atoms with Gasteiger partial charge in [0.05, 0.1) is 11.8 Å². The first kappa shape index (κ1) is 12.6. The van der Waals surface area contributed by atoms with E-state index in [-0.39, 0.29) is 11.7 Å². The van der Waals surface area contributed by atoms with Gasteiger partial charge in [-0.1, -0.05) is 0 Å². The standard InChI is InChI=1S/C12H12BrN3O2/c13-8-6-10(11(14)16-7-8)12(17)15-4-3-9-2-1-5-18-9/h1-2,5-7H,3-4H2,(H2,14,16)(H,15,17). The van der Waals surface area contributed by atoms with Crippen LogP contribution in [-0.2, 0) is 6.42 Å². The number of nitrogens with one attached hydrogen (secondary N) is 1. The van der Waals surface area contributed by atoms with Crippen LogP contribution in [-0.4, -0.2) is 17.4 Å². The Balaban J connectivity index is 1.93. The van der Waals surface area contributed by atoms with Gasteiger partial charge in [0.15, 0.2) is 0 Å². The molecule has 0 saturated heterocycles. The Morgan fingerprint density at radius 3 is 3.11 bits per heavy atom. The molecule has 5 nitrogen and oxygen atoms in total. The third-order valence-corrected chi connectivity index (χ3v) is 2.80. The number of amides is 1. The highest BCUT2D eigenvalue weighted by atomic mass is 79.9. The summed E-state index contributed by atoms with van der Waals surface area (Å²) >= 11 is 3.25. The summed E-state index contributed by atoms with van der Waals surface area (Å²) in [5, 5.41) is 2.77. The molecule has 0 saturated carbocycles. The third-order valence-electron chi connectivity index (χ3n) is 2.37. The van der Waals surface area contributed by atoms with Gasteiger partial charge in [0.25, 0.3) is 5.91 Å². The van der Waals surface area contributed by atoms with Crippen molar-refractivity contribution in [3.63, 3.8) is 0 Å². The highest BCUT2D eigenvalue weighted by Crippen LogP contribution is 2.15. The Hall–Kier alpha value is -1.82. The molecule has 0 aliphatic heterocycles. The number of hydrogen-bond donors (Lipinski definition) is 2. The summed E-state index contributed by atoms with van der Waals surface area (Å²) in [5.41, 5.74) is 6.01. The molecule has 2 rings (SSSR count). The van der Waals surface area contributed by atoms with E-state index < -0.39 is 0 Å². The molecule has 2 aromatic rings. The minimum atomic E-state index is -0.243. The van der Waals surface area contributed by atoms with E-state index in [1.165, 1.54) is 0 Å². The van der Waals surface area contributed by atoms with E-state index in [0.717, 1.165) is 5.76 Å². The zero-order valence-electron chi connectivity index (χ0n) is 9.52. The first-order valence-corrected chi connectivity index (χ1v) is 6.17. The number of hydrogen-bond acceptors (Lipinski definition) is 4. The van der Waals surface area contributed by atoms with Crippen LogP contribution in [0.15, 0.2) is 39.5 Å². The van der Waals surface area contributed by atoms with Crippen molar-refractivity contribution in [2.75, 3.05) is 12.3 Å². The molecule has 2 aromatic heterocycles. The molecule has 2 heterocycles. The summed E-state index contributed by atoms with van der Waals surface area (Å²) in [5.74, 6) is 0.803. The fourth-order valence-corrected chi connectivity index (χ4v) is 1.81. The van der Waals surface area contributed by atoms with Crippen LogP contribution >= 0.6 is 15.9 Å². The van der Waals surface area contributed by atoms with Gasteiger partial charge in [-0.2, -0.15) is 0 Å². The van der Waals surface area contributed by atoms with Crippen LogP contribution in [0.5, 0.6) is 0 Å². The molecule has 0 aliphatic rings. The number of carbonyl (C=O) groups excluding carboxylic acids is 1. The molecule has 94 valence electrons. The fraction of sp³-hybridized carbons (Fsp3) is 0.167. The van der Waals surface area contributed by atoms with Crippen LogP contribution in [0.3, 0.4) is 0 Å². The summed E-state index contributed by atoms with van der Waals surface area (Å²) in [7, 11) is 0. The SMILES string of the molecule is Nc1ncc(Br)cc1C(=O)NCCc1ccco1. The first-order chi connectivity index (χ1) is 8.66. The van der Waals surface area contributed by atoms with E-state index in [2.05, 4.69) is 26.2 Å². The Morgan fingerprint density at radius 1 is 1.56 bits per heavy atom. The van der Waals surface area contributed by atoms with Gasteiger partial charge < -0.3 is 15.5 Å². The maximum Gasteiger partial charge on any atom is 0.255 e. The van der Waals surface area contributed by atoms with Crippen LogP contribution in [0.4, 0.5) is 5.82 Å². The predicted molar refractivity (Wildman–Crippen MR) is 71.1 cm³/mol. The van der Waals surface area contributed by atoms with Crippen LogP contribution in [0, 0.1) is 0 Å². The second-order valence-electron chi connectivity index (χ2n) is 3.67. The van der Waals surface area contributed by atoms with Gasteiger partial charge in [0.1, 0.15) is 11.6 Å². The number of carbonyl (C=O) groups is 1. The number of nitrogen functional groups attached to an aromatic ring is 1. The predicted octanol–water partition coefficient (Wildman–Crippen LogP) is 1.99. The highest BCUT2D eigenvalue weighted by Gasteiger charge is 2.10. The monoisotopic (exact) mass is 309 g/mol. The van der Waals surface area contributed by atoms with E-state index in [0.29, 0.717) is 23.0 Å². The molecule has 18 heavy (non-hydrogen) atoms. The Bertz CT molecular complexity index is 540. The second kappa shape index (κ2) is 5.68. The van der Waals surface area contributed by atoms with Crippen molar-refractivity contribution in [2.45, 2.75) is 6.42 Å². The summed E-state index contributed by atoms with van der Waals surface area (Å²) in [6.07, 6.45) is 3.79. The topological polar surface area (TPSA) is 81.1 Å². The minimum Gasteiger partial charge on any atom is -0.469 e. The van der Waals surface area contributed by atoms with Crippen LogP contribution < -0.4 is 11.1 Å². The Kier molecular flexibility index (Phi) is 3.99. The molecule has 0 spiro atoms. The van der Waals surface area contributed by atoms with Gasteiger partial charge in [0, 0.05) is 23.6 Å². The number of halogens is 1. The fourth-order valence-electron chi connectivity index (χ4n) is 1.48. The van der Waals surface area contributed by atoms with Crippen molar-refractivity contribution >= 4 is 27.7 Å². The first-order valence-electron chi connectivity index (χ1n) is 5.38. The molecular formula is C12H12BrN3O2. The number of aromatic nitrogens is 1. The van der Waals surface area contributed by atoms with Gasteiger partial charge in [-0.05, 0) is 34.1 Å². The molecule has 0 fully saturated rings. The average molecular weight is 310 g/mol. The average Bonchev–Trinajstić information content (AvgIpc) is 2.85. The van der Waals surface area contributed by atoms with Gasteiger partial charge in [0.2, 0.25) is 0 Å². The lowest BCUT2D eigenvalue weighted by Crippen LogP contribution is -2.26. The van der Waals surface area contributed by atoms with Crippen molar-refractivity contribution in [1.82, 2.24) is 10.3 Å². The highest BCUT2D eigenvalue weighted by molar-refractivity contribution is 9.10. The summed E-state index contributed by atoms with van der Waals surface area (Å²) in [6, 6.07) is 5.32. The van der Waals surface area contributed by atoms with Gasteiger partial charge in [-0.25, -0.2) is 4.98 Å². The number of pyridine rings is 1. The lowest BCUT2D eigenvalue weighted by Gasteiger charge is -2.06. The van der Waals surface area contributed by atoms with Gasteiger partial charge in [-0.3, -0.25) is 4.79 Å². The lowest BCUT2D eigenvalue weighted by atomic mass is 10.2. The maximum absolute atomic E-state index is 11.9. The maximum atomic E-state index is 11.9. The number of furan rings is 1. The number of rotatable bonds is 4. The quantitative estimate of drug-likeness (QED) is 0.905. The molecule has 1 amide bonds. The molecular weight excluding hydrogens is 298 g/mol.